The molecule has 3 nitrogen and oxygen atoms in total. The molecule has 0 saturated heterocycles. The lowest BCUT2D eigenvalue weighted by atomic mass is 10.1. The van der Waals surface area contributed by atoms with Crippen molar-refractivity contribution < 1.29 is 0 Å². The van der Waals surface area contributed by atoms with Crippen molar-refractivity contribution in [1.82, 2.24) is 9.97 Å². The minimum Gasteiger partial charge on any atom is -0.378 e. The quantitative estimate of drug-likeness (QED) is 0.764. The van der Waals surface area contributed by atoms with E-state index in [1.807, 2.05) is 39.2 Å². The van der Waals surface area contributed by atoms with Gasteiger partial charge in [-0.25, -0.2) is 9.97 Å². The number of hydrogen-bond donors (Lipinski definition) is 0. The van der Waals surface area contributed by atoms with E-state index in [-0.39, 0.29) is 5.28 Å². The van der Waals surface area contributed by atoms with E-state index in [9.17, 15) is 0 Å². The molecule has 0 radical (unpaired) electrons. The molecule has 2 rings (SSSR count). The van der Waals surface area contributed by atoms with Crippen LogP contribution in [0.25, 0.3) is 11.3 Å². The summed E-state index contributed by atoms with van der Waals surface area (Å²) < 4.78 is 0. The number of aryl methyl sites for hydroxylation is 1. The maximum absolute atomic E-state index is 5.85. The summed E-state index contributed by atoms with van der Waals surface area (Å²) in [5.41, 5.74) is 3.93. The van der Waals surface area contributed by atoms with E-state index < -0.39 is 0 Å². The van der Waals surface area contributed by atoms with Crippen molar-refractivity contribution in [2.45, 2.75) is 6.92 Å². The van der Waals surface area contributed by atoms with Crippen molar-refractivity contribution in [2.75, 3.05) is 19.0 Å². The van der Waals surface area contributed by atoms with Crippen molar-refractivity contribution in [1.29, 1.82) is 0 Å². The highest BCUT2D eigenvalue weighted by molar-refractivity contribution is 6.28. The summed E-state index contributed by atoms with van der Waals surface area (Å²) in [5, 5.41) is 0.289. The molecule has 17 heavy (non-hydrogen) atoms. The fraction of sp³-hybridized carbons (Fsp3) is 0.231. The van der Waals surface area contributed by atoms with Crippen LogP contribution in [0.1, 0.15) is 5.69 Å². The number of halogens is 1. The van der Waals surface area contributed by atoms with Gasteiger partial charge >= 0.3 is 0 Å². The van der Waals surface area contributed by atoms with Crippen LogP contribution in [-0.2, 0) is 0 Å². The molecule has 0 saturated carbocycles. The monoisotopic (exact) mass is 247 g/mol. The molecule has 0 aliphatic heterocycles. The molecular formula is C13H14ClN3. The highest BCUT2D eigenvalue weighted by Crippen LogP contribution is 2.22. The van der Waals surface area contributed by atoms with E-state index in [2.05, 4.69) is 27.0 Å². The van der Waals surface area contributed by atoms with Crippen LogP contribution in [0.3, 0.4) is 0 Å². The summed E-state index contributed by atoms with van der Waals surface area (Å²) in [7, 11) is 4.03. The van der Waals surface area contributed by atoms with E-state index in [4.69, 9.17) is 11.6 Å². The van der Waals surface area contributed by atoms with Crippen LogP contribution in [0.4, 0.5) is 5.69 Å². The first-order chi connectivity index (χ1) is 8.06. The lowest BCUT2D eigenvalue weighted by Gasteiger charge is -2.12. The minimum absolute atomic E-state index is 0.289. The predicted molar refractivity (Wildman–Crippen MR) is 71.5 cm³/mol. The van der Waals surface area contributed by atoms with Crippen LogP contribution in [0.15, 0.2) is 30.3 Å². The third-order valence-electron chi connectivity index (χ3n) is 2.51. The summed E-state index contributed by atoms with van der Waals surface area (Å²) in [6, 6.07) is 10.1. The van der Waals surface area contributed by atoms with E-state index >= 15 is 0 Å². The smallest absolute Gasteiger partial charge is 0.223 e. The Bertz CT molecular complexity index is 500. The first-order valence-electron chi connectivity index (χ1n) is 5.35. The van der Waals surface area contributed by atoms with Gasteiger partial charge in [0.2, 0.25) is 5.28 Å². The van der Waals surface area contributed by atoms with E-state index in [1.165, 1.54) is 0 Å². The predicted octanol–water partition coefficient (Wildman–Crippen LogP) is 3.17. The molecular weight excluding hydrogens is 234 g/mol. The number of nitrogens with zero attached hydrogens (tertiary/aromatic N) is 3. The molecule has 2 aromatic rings. The Morgan fingerprint density at radius 3 is 2.24 bits per heavy atom. The molecule has 0 aliphatic rings. The topological polar surface area (TPSA) is 29.0 Å². The van der Waals surface area contributed by atoms with Gasteiger partial charge in [-0.15, -0.1) is 0 Å². The average Bonchev–Trinajstić information content (AvgIpc) is 2.28. The number of rotatable bonds is 2. The van der Waals surface area contributed by atoms with Crippen molar-refractivity contribution in [3.05, 3.63) is 41.3 Å². The first kappa shape index (κ1) is 11.9. The number of benzene rings is 1. The Morgan fingerprint density at radius 2 is 1.71 bits per heavy atom. The average molecular weight is 248 g/mol. The molecule has 0 N–H and O–H groups in total. The molecule has 0 aliphatic carbocycles. The fourth-order valence-corrected chi connectivity index (χ4v) is 1.83. The first-order valence-corrected chi connectivity index (χ1v) is 5.73. The van der Waals surface area contributed by atoms with Crippen LogP contribution < -0.4 is 4.90 Å². The van der Waals surface area contributed by atoms with Crippen molar-refractivity contribution in [2.24, 2.45) is 0 Å². The molecule has 4 heteroatoms. The molecule has 0 atom stereocenters. The Morgan fingerprint density at radius 1 is 1.06 bits per heavy atom. The second kappa shape index (κ2) is 4.72. The second-order valence-corrected chi connectivity index (χ2v) is 4.44. The van der Waals surface area contributed by atoms with Gasteiger partial charge in [0.05, 0.1) is 5.69 Å². The largest absolute Gasteiger partial charge is 0.378 e. The maximum Gasteiger partial charge on any atom is 0.223 e. The third-order valence-corrected chi connectivity index (χ3v) is 2.68. The van der Waals surface area contributed by atoms with Gasteiger partial charge in [-0.2, -0.15) is 0 Å². The Balaban J connectivity index is 2.39. The fourth-order valence-electron chi connectivity index (χ4n) is 1.61. The van der Waals surface area contributed by atoms with Gasteiger partial charge in [-0.05, 0) is 36.7 Å². The molecule has 0 fully saturated rings. The lowest BCUT2D eigenvalue weighted by molar-refractivity contribution is 1.10. The highest BCUT2D eigenvalue weighted by Gasteiger charge is 2.03. The van der Waals surface area contributed by atoms with Gasteiger partial charge in [-0.1, -0.05) is 12.1 Å². The second-order valence-electron chi connectivity index (χ2n) is 4.10. The standard InChI is InChI=1S/C13H14ClN3/c1-9-8-12(16-13(14)15-9)10-4-6-11(7-5-10)17(2)3/h4-8H,1-3H3. The van der Waals surface area contributed by atoms with Gasteiger partial charge in [0.25, 0.3) is 0 Å². The van der Waals surface area contributed by atoms with Crippen LogP contribution in [0, 0.1) is 6.92 Å². The zero-order valence-electron chi connectivity index (χ0n) is 10.1. The molecule has 1 heterocycles. The van der Waals surface area contributed by atoms with Gasteiger partial charge in [-0.3, -0.25) is 0 Å². The van der Waals surface area contributed by atoms with E-state index in [0.717, 1.165) is 22.6 Å². The SMILES string of the molecule is Cc1cc(-c2ccc(N(C)C)cc2)nc(Cl)n1. The Labute approximate surface area is 106 Å². The van der Waals surface area contributed by atoms with Crippen molar-refractivity contribution >= 4 is 17.3 Å². The van der Waals surface area contributed by atoms with Crippen LogP contribution in [-0.4, -0.2) is 24.1 Å². The van der Waals surface area contributed by atoms with Gasteiger partial charge in [0.15, 0.2) is 0 Å². The van der Waals surface area contributed by atoms with Gasteiger partial charge in [0, 0.05) is 31.0 Å². The summed E-state index contributed by atoms with van der Waals surface area (Å²) in [6.07, 6.45) is 0. The normalized spacial score (nSPS) is 10.4. The van der Waals surface area contributed by atoms with E-state index in [0.29, 0.717) is 0 Å². The molecule has 1 aromatic carbocycles. The third kappa shape index (κ3) is 2.74. The van der Waals surface area contributed by atoms with Gasteiger partial charge < -0.3 is 4.90 Å². The minimum atomic E-state index is 0.289. The number of anilines is 1. The van der Waals surface area contributed by atoms with Crippen LogP contribution in [0.2, 0.25) is 5.28 Å². The summed E-state index contributed by atoms with van der Waals surface area (Å²) in [4.78, 5) is 10.3. The zero-order valence-corrected chi connectivity index (χ0v) is 10.9. The van der Waals surface area contributed by atoms with Crippen molar-refractivity contribution in [3.63, 3.8) is 0 Å². The highest BCUT2D eigenvalue weighted by atomic mass is 35.5. The van der Waals surface area contributed by atoms with Crippen LogP contribution >= 0.6 is 11.6 Å². The number of hydrogen-bond acceptors (Lipinski definition) is 3. The number of aromatic nitrogens is 2. The lowest BCUT2D eigenvalue weighted by Crippen LogP contribution is -2.07. The van der Waals surface area contributed by atoms with E-state index in [1.54, 1.807) is 0 Å². The molecule has 0 unspecified atom stereocenters. The molecule has 0 amide bonds. The molecule has 0 bridgehead atoms. The Kier molecular flexibility index (Phi) is 3.29. The van der Waals surface area contributed by atoms with Crippen LogP contribution in [0.5, 0.6) is 0 Å². The van der Waals surface area contributed by atoms with Gasteiger partial charge in [0.1, 0.15) is 0 Å². The zero-order chi connectivity index (χ0) is 12.4. The summed E-state index contributed by atoms with van der Waals surface area (Å²) in [6.45, 7) is 1.91. The molecule has 88 valence electrons. The Hall–Kier alpha value is -1.61. The molecule has 1 aromatic heterocycles. The summed E-state index contributed by atoms with van der Waals surface area (Å²) >= 11 is 5.85. The maximum atomic E-state index is 5.85. The summed E-state index contributed by atoms with van der Waals surface area (Å²) in [5.74, 6) is 0. The van der Waals surface area contributed by atoms with Crippen molar-refractivity contribution in [3.8, 4) is 11.3 Å². The molecule has 0 spiro atoms.